The standard InChI is InChI=1S/C18H17F3N4O/c19-18(20,21)14-3-4-17(22-9-14)26-15-5-6-25(11-15)10-12-1-2-13-8-23-24-16(13)7-12/h1-4,7-9,15H,5-6,10-11H2,(H,23,24). The van der Waals surface area contributed by atoms with Crippen molar-refractivity contribution in [3.05, 3.63) is 53.9 Å². The van der Waals surface area contributed by atoms with Crippen molar-refractivity contribution >= 4 is 10.9 Å². The predicted octanol–water partition coefficient (Wildman–Crippen LogP) is 3.63. The zero-order valence-corrected chi connectivity index (χ0v) is 13.8. The average Bonchev–Trinajstić information content (AvgIpc) is 3.23. The van der Waals surface area contributed by atoms with E-state index >= 15 is 0 Å². The van der Waals surface area contributed by atoms with Crippen LogP contribution in [0.1, 0.15) is 17.5 Å². The fourth-order valence-corrected chi connectivity index (χ4v) is 3.17. The first-order chi connectivity index (χ1) is 12.5. The van der Waals surface area contributed by atoms with E-state index in [9.17, 15) is 13.2 Å². The minimum Gasteiger partial charge on any atom is -0.473 e. The summed E-state index contributed by atoms with van der Waals surface area (Å²) in [6.07, 6.45) is -1.05. The Kier molecular flexibility index (Phi) is 4.28. The van der Waals surface area contributed by atoms with Gasteiger partial charge in [-0.2, -0.15) is 18.3 Å². The highest BCUT2D eigenvalue weighted by atomic mass is 19.4. The van der Waals surface area contributed by atoms with Gasteiger partial charge in [0.2, 0.25) is 5.88 Å². The number of ether oxygens (including phenoxy) is 1. The van der Waals surface area contributed by atoms with E-state index in [1.165, 1.54) is 11.6 Å². The van der Waals surface area contributed by atoms with Crippen LogP contribution >= 0.6 is 0 Å². The van der Waals surface area contributed by atoms with E-state index in [0.29, 0.717) is 6.54 Å². The Morgan fingerprint density at radius 1 is 1.19 bits per heavy atom. The van der Waals surface area contributed by atoms with Gasteiger partial charge in [-0.25, -0.2) is 4.98 Å². The van der Waals surface area contributed by atoms with Crippen LogP contribution in [0, 0.1) is 0 Å². The van der Waals surface area contributed by atoms with Crippen molar-refractivity contribution in [1.82, 2.24) is 20.1 Å². The molecule has 3 aromatic rings. The van der Waals surface area contributed by atoms with Gasteiger partial charge in [0, 0.05) is 37.3 Å². The number of hydrogen-bond acceptors (Lipinski definition) is 4. The van der Waals surface area contributed by atoms with Gasteiger partial charge >= 0.3 is 6.18 Å². The number of halogens is 3. The van der Waals surface area contributed by atoms with Crippen molar-refractivity contribution in [2.75, 3.05) is 13.1 Å². The molecule has 1 unspecified atom stereocenters. The van der Waals surface area contributed by atoms with Crippen LogP contribution in [0.4, 0.5) is 13.2 Å². The molecule has 0 spiro atoms. The lowest BCUT2D eigenvalue weighted by atomic mass is 10.1. The van der Waals surface area contributed by atoms with E-state index in [0.717, 1.165) is 42.7 Å². The molecule has 1 aliphatic heterocycles. The number of fused-ring (bicyclic) bond motifs is 1. The molecule has 0 radical (unpaired) electrons. The monoisotopic (exact) mass is 362 g/mol. The van der Waals surface area contributed by atoms with Crippen LogP contribution < -0.4 is 4.74 Å². The second-order valence-electron chi connectivity index (χ2n) is 6.44. The molecule has 0 amide bonds. The Balaban J connectivity index is 1.34. The highest BCUT2D eigenvalue weighted by Crippen LogP contribution is 2.29. The first kappa shape index (κ1) is 16.8. The lowest BCUT2D eigenvalue weighted by Crippen LogP contribution is -2.24. The second kappa shape index (κ2) is 6.60. The van der Waals surface area contributed by atoms with E-state index in [4.69, 9.17) is 4.74 Å². The van der Waals surface area contributed by atoms with Crippen LogP contribution in [0.2, 0.25) is 0 Å². The number of nitrogens with one attached hydrogen (secondary N) is 1. The summed E-state index contributed by atoms with van der Waals surface area (Å²) in [6, 6.07) is 8.45. The molecule has 8 heteroatoms. The molecule has 5 nitrogen and oxygen atoms in total. The van der Waals surface area contributed by atoms with Crippen molar-refractivity contribution in [1.29, 1.82) is 0 Å². The molecule has 0 aliphatic carbocycles. The Morgan fingerprint density at radius 3 is 2.85 bits per heavy atom. The van der Waals surface area contributed by atoms with Gasteiger partial charge < -0.3 is 4.74 Å². The quantitative estimate of drug-likeness (QED) is 0.770. The summed E-state index contributed by atoms with van der Waals surface area (Å²) < 4.78 is 43.4. The zero-order chi connectivity index (χ0) is 18.1. The van der Waals surface area contributed by atoms with Gasteiger partial charge in [-0.05, 0) is 24.1 Å². The van der Waals surface area contributed by atoms with E-state index < -0.39 is 11.7 Å². The minimum absolute atomic E-state index is 0.0740. The Hall–Kier alpha value is -2.61. The molecule has 3 heterocycles. The van der Waals surface area contributed by atoms with Crippen LogP contribution in [0.25, 0.3) is 10.9 Å². The molecule has 1 saturated heterocycles. The lowest BCUT2D eigenvalue weighted by Gasteiger charge is -2.17. The minimum atomic E-state index is -4.38. The number of likely N-dealkylation sites (tertiary alicyclic amines) is 1. The highest BCUT2D eigenvalue weighted by molar-refractivity contribution is 5.78. The zero-order valence-electron chi connectivity index (χ0n) is 13.8. The number of benzene rings is 1. The van der Waals surface area contributed by atoms with Crippen molar-refractivity contribution < 1.29 is 17.9 Å². The van der Waals surface area contributed by atoms with Crippen molar-refractivity contribution in [2.24, 2.45) is 0 Å². The third-order valence-electron chi connectivity index (χ3n) is 4.49. The number of alkyl halides is 3. The van der Waals surface area contributed by atoms with Crippen molar-refractivity contribution in [3.8, 4) is 5.88 Å². The van der Waals surface area contributed by atoms with Crippen LogP contribution in [-0.2, 0) is 12.7 Å². The molecule has 1 fully saturated rings. The number of hydrogen-bond donors (Lipinski definition) is 1. The summed E-state index contributed by atoms with van der Waals surface area (Å²) >= 11 is 0. The summed E-state index contributed by atoms with van der Waals surface area (Å²) in [5, 5.41) is 8.05. The van der Waals surface area contributed by atoms with Gasteiger partial charge in [-0.3, -0.25) is 10.00 Å². The maximum atomic E-state index is 12.6. The van der Waals surface area contributed by atoms with Crippen molar-refractivity contribution in [2.45, 2.75) is 25.2 Å². The summed E-state index contributed by atoms with van der Waals surface area (Å²) in [4.78, 5) is 6.03. The summed E-state index contributed by atoms with van der Waals surface area (Å²) in [5.41, 5.74) is 1.41. The molecule has 1 atom stereocenters. The van der Waals surface area contributed by atoms with Crippen LogP contribution in [0.3, 0.4) is 0 Å². The van der Waals surface area contributed by atoms with Crippen LogP contribution in [-0.4, -0.2) is 39.3 Å². The summed E-state index contributed by atoms with van der Waals surface area (Å²) in [7, 11) is 0. The molecule has 0 saturated carbocycles. The smallest absolute Gasteiger partial charge is 0.417 e. The SMILES string of the molecule is FC(F)(F)c1ccc(OC2CCN(Cc3ccc4cn[nH]c4c3)C2)nc1. The van der Waals surface area contributed by atoms with Crippen molar-refractivity contribution in [3.63, 3.8) is 0 Å². The number of aromatic amines is 1. The van der Waals surface area contributed by atoms with Gasteiger partial charge in [-0.15, -0.1) is 0 Å². The largest absolute Gasteiger partial charge is 0.473 e. The van der Waals surface area contributed by atoms with Gasteiger partial charge in [-0.1, -0.05) is 12.1 Å². The average molecular weight is 362 g/mol. The molecule has 1 aliphatic rings. The normalized spacial score (nSPS) is 18.5. The van der Waals surface area contributed by atoms with Gasteiger partial charge in [0.25, 0.3) is 0 Å². The molecular formula is C18H17F3N4O. The molecule has 2 aromatic heterocycles. The molecule has 136 valence electrons. The summed E-state index contributed by atoms with van der Waals surface area (Å²) in [6.45, 7) is 2.37. The van der Waals surface area contributed by atoms with Crippen LogP contribution in [0.5, 0.6) is 5.88 Å². The Morgan fingerprint density at radius 2 is 2.08 bits per heavy atom. The molecule has 1 N–H and O–H groups in total. The first-order valence-electron chi connectivity index (χ1n) is 8.32. The maximum Gasteiger partial charge on any atom is 0.417 e. The maximum absolute atomic E-state index is 12.6. The van der Waals surface area contributed by atoms with E-state index in [1.54, 1.807) is 6.20 Å². The third kappa shape index (κ3) is 3.65. The number of H-pyrrole nitrogens is 1. The third-order valence-corrected chi connectivity index (χ3v) is 4.49. The fourth-order valence-electron chi connectivity index (χ4n) is 3.17. The molecule has 4 rings (SSSR count). The summed E-state index contributed by atoms with van der Waals surface area (Å²) in [5.74, 6) is 0.226. The fraction of sp³-hybridized carbons (Fsp3) is 0.333. The number of rotatable bonds is 4. The van der Waals surface area contributed by atoms with Crippen LogP contribution in [0.15, 0.2) is 42.7 Å². The van der Waals surface area contributed by atoms with E-state index in [1.807, 2.05) is 6.07 Å². The molecular weight excluding hydrogens is 345 g/mol. The van der Waals surface area contributed by atoms with Gasteiger partial charge in [0.15, 0.2) is 0 Å². The van der Waals surface area contributed by atoms with Gasteiger partial charge in [0.05, 0.1) is 17.3 Å². The highest BCUT2D eigenvalue weighted by Gasteiger charge is 2.31. The number of aromatic nitrogens is 3. The molecule has 0 bridgehead atoms. The lowest BCUT2D eigenvalue weighted by molar-refractivity contribution is -0.137. The number of nitrogens with zero attached hydrogens (tertiary/aromatic N) is 3. The molecule has 1 aromatic carbocycles. The van der Waals surface area contributed by atoms with E-state index in [-0.39, 0.29) is 12.0 Å². The molecule has 26 heavy (non-hydrogen) atoms. The predicted molar refractivity (Wildman–Crippen MR) is 89.6 cm³/mol. The topological polar surface area (TPSA) is 54.0 Å². The second-order valence-corrected chi connectivity index (χ2v) is 6.44. The Bertz CT molecular complexity index is 891. The first-order valence-corrected chi connectivity index (χ1v) is 8.32. The number of pyridine rings is 1. The van der Waals surface area contributed by atoms with Gasteiger partial charge in [0.1, 0.15) is 6.10 Å². The Labute approximate surface area is 147 Å². The van der Waals surface area contributed by atoms with E-state index in [2.05, 4.69) is 32.2 Å².